The highest BCUT2D eigenvalue weighted by Crippen LogP contribution is 2.39. The molecule has 2 rings (SSSR count). The van der Waals surface area contributed by atoms with E-state index in [1.54, 1.807) is 6.92 Å². The molecule has 4 heteroatoms. The summed E-state index contributed by atoms with van der Waals surface area (Å²) in [6.45, 7) is 8.00. The van der Waals surface area contributed by atoms with Gasteiger partial charge in [-0.1, -0.05) is 20.8 Å². The van der Waals surface area contributed by atoms with Crippen molar-refractivity contribution in [1.29, 1.82) is 0 Å². The number of hydrogen-bond donors (Lipinski definition) is 2. The Morgan fingerprint density at radius 3 is 2.59 bits per heavy atom. The van der Waals surface area contributed by atoms with Gasteiger partial charge in [-0.3, -0.25) is 4.79 Å². The molecule has 1 amide bonds. The maximum atomic E-state index is 11.6. The van der Waals surface area contributed by atoms with Crippen LogP contribution < -0.4 is 15.8 Å². The van der Waals surface area contributed by atoms with Crippen LogP contribution in [0.5, 0.6) is 5.75 Å². The lowest BCUT2D eigenvalue weighted by Crippen LogP contribution is -2.35. The fraction of sp³-hybridized carbons (Fsp3) is 0.462. The molecule has 0 radical (unpaired) electrons. The first-order chi connectivity index (χ1) is 7.79. The molecular weight excluding hydrogens is 216 g/mol. The smallest absolute Gasteiger partial charge is 0.265 e. The van der Waals surface area contributed by atoms with Gasteiger partial charge >= 0.3 is 0 Å². The maximum absolute atomic E-state index is 11.6. The van der Waals surface area contributed by atoms with Gasteiger partial charge in [-0.25, -0.2) is 0 Å². The normalized spacial score (nSPS) is 19.3. The zero-order valence-corrected chi connectivity index (χ0v) is 10.6. The van der Waals surface area contributed by atoms with E-state index in [9.17, 15) is 4.79 Å². The lowest BCUT2D eigenvalue weighted by molar-refractivity contribution is -0.122. The molecule has 3 N–H and O–H groups in total. The third kappa shape index (κ3) is 2.07. The number of ether oxygens (including phenoxy) is 1. The van der Waals surface area contributed by atoms with Crippen LogP contribution in [-0.4, -0.2) is 12.0 Å². The summed E-state index contributed by atoms with van der Waals surface area (Å²) in [4.78, 5) is 11.6. The van der Waals surface area contributed by atoms with E-state index in [0.29, 0.717) is 17.1 Å². The molecule has 0 aromatic heterocycles. The largest absolute Gasteiger partial charge is 0.477 e. The SMILES string of the molecule is CC1Oc2c(N)cc(C(C)(C)C)cc2NC1=O. The Kier molecular flexibility index (Phi) is 2.53. The average molecular weight is 234 g/mol. The summed E-state index contributed by atoms with van der Waals surface area (Å²) in [6.07, 6.45) is -0.495. The minimum Gasteiger partial charge on any atom is -0.477 e. The molecule has 1 aromatic rings. The van der Waals surface area contributed by atoms with Crippen LogP contribution in [0.4, 0.5) is 11.4 Å². The number of anilines is 2. The van der Waals surface area contributed by atoms with Crippen molar-refractivity contribution in [2.45, 2.75) is 39.2 Å². The molecule has 0 saturated carbocycles. The summed E-state index contributed by atoms with van der Waals surface area (Å²) < 4.78 is 5.51. The van der Waals surface area contributed by atoms with Crippen LogP contribution in [0, 0.1) is 0 Å². The Bertz CT molecular complexity index is 475. The van der Waals surface area contributed by atoms with Crippen LogP contribution in [0.2, 0.25) is 0 Å². The summed E-state index contributed by atoms with van der Waals surface area (Å²) >= 11 is 0. The molecule has 1 heterocycles. The minimum absolute atomic E-state index is 0.0169. The van der Waals surface area contributed by atoms with Crippen LogP contribution in [0.1, 0.15) is 33.3 Å². The molecule has 1 aromatic carbocycles. The van der Waals surface area contributed by atoms with Crippen LogP contribution in [0.15, 0.2) is 12.1 Å². The second-order valence-corrected chi connectivity index (χ2v) is 5.44. The Morgan fingerprint density at radius 2 is 2.00 bits per heavy atom. The Balaban J connectivity index is 2.52. The van der Waals surface area contributed by atoms with Gasteiger partial charge in [0.15, 0.2) is 11.9 Å². The first-order valence-electron chi connectivity index (χ1n) is 5.70. The summed E-state index contributed by atoms with van der Waals surface area (Å²) in [7, 11) is 0. The zero-order valence-electron chi connectivity index (χ0n) is 10.6. The first kappa shape index (κ1) is 11.8. The number of fused-ring (bicyclic) bond motifs is 1. The molecule has 0 saturated heterocycles. The average Bonchev–Trinajstić information content (AvgIpc) is 2.19. The maximum Gasteiger partial charge on any atom is 0.265 e. The van der Waals surface area contributed by atoms with Crippen molar-refractivity contribution in [2.24, 2.45) is 0 Å². The van der Waals surface area contributed by atoms with Crippen molar-refractivity contribution < 1.29 is 9.53 Å². The lowest BCUT2D eigenvalue weighted by Gasteiger charge is -2.27. The number of carbonyl (C=O) groups is 1. The van der Waals surface area contributed by atoms with Crippen molar-refractivity contribution >= 4 is 17.3 Å². The van der Waals surface area contributed by atoms with Crippen molar-refractivity contribution in [2.75, 3.05) is 11.1 Å². The predicted octanol–water partition coefficient (Wildman–Crippen LogP) is 2.29. The van der Waals surface area contributed by atoms with E-state index in [1.807, 2.05) is 12.1 Å². The van der Waals surface area contributed by atoms with Gasteiger partial charge in [0.1, 0.15) is 0 Å². The van der Waals surface area contributed by atoms with Crippen molar-refractivity contribution in [3.63, 3.8) is 0 Å². The van der Waals surface area contributed by atoms with Gasteiger partial charge in [0.25, 0.3) is 5.91 Å². The predicted molar refractivity (Wildman–Crippen MR) is 68.3 cm³/mol. The molecule has 4 nitrogen and oxygen atoms in total. The number of nitrogen functional groups attached to an aromatic ring is 1. The van der Waals surface area contributed by atoms with Gasteiger partial charge in [-0.05, 0) is 30.0 Å². The fourth-order valence-electron chi connectivity index (χ4n) is 1.77. The highest BCUT2D eigenvalue weighted by atomic mass is 16.5. The van der Waals surface area contributed by atoms with Crippen LogP contribution in [0.3, 0.4) is 0 Å². The number of benzene rings is 1. The Morgan fingerprint density at radius 1 is 1.35 bits per heavy atom. The summed E-state index contributed by atoms with van der Waals surface area (Å²) in [5, 5.41) is 2.82. The number of amides is 1. The standard InChI is InChI=1S/C13H18N2O2/c1-7-12(16)15-10-6-8(13(2,3)4)5-9(14)11(10)17-7/h5-7H,14H2,1-4H3,(H,15,16). The van der Waals surface area contributed by atoms with E-state index in [-0.39, 0.29) is 11.3 Å². The van der Waals surface area contributed by atoms with E-state index in [1.165, 1.54) is 0 Å². The van der Waals surface area contributed by atoms with Gasteiger partial charge < -0.3 is 15.8 Å². The number of hydrogen-bond acceptors (Lipinski definition) is 3. The van der Waals surface area contributed by atoms with E-state index in [0.717, 1.165) is 5.56 Å². The lowest BCUT2D eigenvalue weighted by atomic mass is 9.86. The fourth-order valence-corrected chi connectivity index (χ4v) is 1.77. The summed E-state index contributed by atoms with van der Waals surface area (Å²) in [5.41, 5.74) is 8.26. The van der Waals surface area contributed by atoms with Gasteiger partial charge in [-0.2, -0.15) is 0 Å². The third-order valence-electron chi connectivity index (χ3n) is 2.91. The highest BCUT2D eigenvalue weighted by Gasteiger charge is 2.27. The molecule has 1 unspecified atom stereocenters. The Hall–Kier alpha value is -1.71. The van der Waals surface area contributed by atoms with E-state index in [4.69, 9.17) is 10.5 Å². The van der Waals surface area contributed by atoms with E-state index < -0.39 is 6.10 Å². The molecule has 1 aliphatic heterocycles. The van der Waals surface area contributed by atoms with Gasteiger partial charge in [-0.15, -0.1) is 0 Å². The molecule has 1 atom stereocenters. The van der Waals surface area contributed by atoms with Gasteiger partial charge in [0, 0.05) is 0 Å². The number of nitrogens with two attached hydrogens (primary N) is 1. The third-order valence-corrected chi connectivity index (χ3v) is 2.91. The van der Waals surface area contributed by atoms with Crippen LogP contribution in [-0.2, 0) is 10.2 Å². The molecule has 0 spiro atoms. The summed E-state index contributed by atoms with van der Waals surface area (Å²) in [6, 6.07) is 3.83. The van der Waals surface area contributed by atoms with Crippen molar-refractivity contribution in [3.8, 4) is 5.75 Å². The molecule has 17 heavy (non-hydrogen) atoms. The van der Waals surface area contributed by atoms with Crippen molar-refractivity contribution in [1.82, 2.24) is 0 Å². The Labute approximate surface area is 101 Å². The van der Waals surface area contributed by atoms with E-state index >= 15 is 0 Å². The van der Waals surface area contributed by atoms with Crippen LogP contribution >= 0.6 is 0 Å². The second-order valence-electron chi connectivity index (χ2n) is 5.44. The van der Waals surface area contributed by atoms with Gasteiger partial charge in [0.05, 0.1) is 11.4 Å². The van der Waals surface area contributed by atoms with E-state index in [2.05, 4.69) is 26.1 Å². The monoisotopic (exact) mass is 234 g/mol. The quantitative estimate of drug-likeness (QED) is 0.677. The second kappa shape index (κ2) is 3.65. The van der Waals surface area contributed by atoms with Crippen LogP contribution in [0.25, 0.3) is 0 Å². The topological polar surface area (TPSA) is 64.3 Å². The number of carbonyl (C=O) groups excluding carboxylic acids is 1. The molecule has 0 bridgehead atoms. The minimum atomic E-state index is -0.495. The summed E-state index contributed by atoms with van der Waals surface area (Å²) in [5.74, 6) is 0.438. The molecule has 0 fully saturated rings. The first-order valence-corrected chi connectivity index (χ1v) is 5.70. The zero-order chi connectivity index (χ0) is 12.8. The number of nitrogens with one attached hydrogen (secondary N) is 1. The molecular formula is C13H18N2O2. The molecule has 0 aliphatic carbocycles. The molecule has 92 valence electrons. The highest BCUT2D eigenvalue weighted by molar-refractivity contribution is 5.99. The molecule has 1 aliphatic rings. The number of rotatable bonds is 0. The van der Waals surface area contributed by atoms with Gasteiger partial charge in [0.2, 0.25) is 0 Å². The van der Waals surface area contributed by atoms with Crippen molar-refractivity contribution in [3.05, 3.63) is 17.7 Å².